The second-order valence-corrected chi connectivity index (χ2v) is 11.2. The van der Waals surface area contributed by atoms with E-state index in [9.17, 15) is 13.2 Å². The van der Waals surface area contributed by atoms with Gasteiger partial charge in [0.2, 0.25) is 0 Å². The molecule has 1 aliphatic rings. The fourth-order valence-corrected chi connectivity index (χ4v) is 6.03. The van der Waals surface area contributed by atoms with E-state index in [1.54, 1.807) is 30.0 Å². The average Bonchev–Trinajstić information content (AvgIpc) is 3.15. The quantitative estimate of drug-likeness (QED) is 0.516. The van der Waals surface area contributed by atoms with Crippen molar-refractivity contribution in [2.24, 2.45) is 0 Å². The Morgan fingerprint density at radius 2 is 1.82 bits per heavy atom. The summed E-state index contributed by atoms with van der Waals surface area (Å²) in [5.41, 5.74) is 2.94. The Balaban J connectivity index is 1.80. The number of amides is 1. The van der Waals surface area contributed by atoms with E-state index in [1.807, 2.05) is 31.2 Å². The number of carbonyl (C=O) groups excluding carboxylic acids is 1. The zero-order valence-corrected chi connectivity index (χ0v) is 21.3. The predicted molar refractivity (Wildman–Crippen MR) is 134 cm³/mol. The maximum Gasteiger partial charge on any atom is 0.263 e. The fraction of sp³-hybridized carbons (Fsp3) is 0.480. The first-order valence-corrected chi connectivity index (χ1v) is 13.6. The minimum atomic E-state index is -3.14. The molecule has 1 saturated heterocycles. The molecule has 2 aromatic carbocycles. The highest BCUT2D eigenvalue weighted by Gasteiger charge is 2.36. The van der Waals surface area contributed by atoms with Gasteiger partial charge in [-0.05, 0) is 75.6 Å². The third-order valence-corrected chi connectivity index (χ3v) is 8.31. The normalized spacial score (nSPS) is 18.0. The van der Waals surface area contributed by atoms with Gasteiger partial charge in [0.15, 0.2) is 15.9 Å². The van der Waals surface area contributed by atoms with Gasteiger partial charge in [-0.2, -0.15) is 0 Å². The lowest BCUT2D eigenvalue weighted by Gasteiger charge is -2.31. The molecule has 1 aliphatic heterocycles. The van der Waals surface area contributed by atoms with E-state index in [1.165, 1.54) is 0 Å². The van der Waals surface area contributed by atoms with Crippen LogP contribution in [0.2, 0.25) is 5.02 Å². The van der Waals surface area contributed by atoms with Crippen molar-refractivity contribution in [3.63, 3.8) is 0 Å². The van der Waals surface area contributed by atoms with E-state index < -0.39 is 15.9 Å². The largest absolute Gasteiger partial charge is 0.481 e. The van der Waals surface area contributed by atoms with Crippen LogP contribution >= 0.6 is 11.6 Å². The summed E-state index contributed by atoms with van der Waals surface area (Å²) in [6.07, 6.45) is -0.318. The van der Waals surface area contributed by atoms with Gasteiger partial charge in [0, 0.05) is 36.4 Å². The summed E-state index contributed by atoms with van der Waals surface area (Å²) in [4.78, 5) is 17.4. The van der Waals surface area contributed by atoms with Gasteiger partial charge in [0.1, 0.15) is 5.75 Å². The molecule has 180 valence electrons. The molecule has 33 heavy (non-hydrogen) atoms. The molecule has 2 atom stereocenters. The lowest BCUT2D eigenvalue weighted by Crippen LogP contribution is -2.46. The Kier molecular flexibility index (Phi) is 8.29. The number of ether oxygens (including phenoxy) is 1. The van der Waals surface area contributed by atoms with Crippen LogP contribution in [0.15, 0.2) is 42.5 Å². The number of sulfone groups is 1. The van der Waals surface area contributed by atoms with Gasteiger partial charge in [-0.25, -0.2) is 8.42 Å². The molecule has 8 heteroatoms. The Bertz CT molecular complexity index is 1070. The minimum absolute atomic E-state index is 0.0109. The van der Waals surface area contributed by atoms with Gasteiger partial charge in [-0.15, -0.1) is 0 Å². The lowest BCUT2D eigenvalue weighted by molar-refractivity contribution is -0.140. The first kappa shape index (κ1) is 25.4. The van der Waals surface area contributed by atoms with Crippen molar-refractivity contribution in [2.45, 2.75) is 52.8 Å². The van der Waals surface area contributed by atoms with Crippen molar-refractivity contribution < 1.29 is 17.9 Å². The standard InChI is InChI=1S/C25H33ClN2O4S/c1-5-27(6-2)21-9-7-20(8-10-21)16-28(22-13-14-33(30,31)17-22)25(29)19(4)32-23-11-12-24(26)18(3)15-23/h7-12,15,19,22H,5-6,13-14,16-17H2,1-4H3. The second-order valence-electron chi connectivity index (χ2n) is 8.53. The minimum Gasteiger partial charge on any atom is -0.481 e. The predicted octanol–water partition coefficient (Wildman–Crippen LogP) is 4.48. The summed E-state index contributed by atoms with van der Waals surface area (Å²) >= 11 is 6.09. The third-order valence-electron chi connectivity index (χ3n) is 6.14. The summed E-state index contributed by atoms with van der Waals surface area (Å²) in [5.74, 6) is 0.426. The molecule has 2 aromatic rings. The van der Waals surface area contributed by atoms with Gasteiger partial charge >= 0.3 is 0 Å². The number of carbonyl (C=O) groups is 1. The lowest BCUT2D eigenvalue weighted by atomic mass is 10.1. The van der Waals surface area contributed by atoms with E-state index in [0.717, 1.165) is 29.9 Å². The van der Waals surface area contributed by atoms with Crippen LogP contribution in [-0.2, 0) is 21.2 Å². The molecule has 1 fully saturated rings. The molecule has 1 amide bonds. The van der Waals surface area contributed by atoms with Crippen molar-refractivity contribution >= 4 is 33.0 Å². The molecule has 0 radical (unpaired) electrons. The van der Waals surface area contributed by atoms with Crippen LogP contribution < -0.4 is 9.64 Å². The van der Waals surface area contributed by atoms with Crippen molar-refractivity contribution in [3.8, 4) is 5.75 Å². The van der Waals surface area contributed by atoms with E-state index >= 15 is 0 Å². The molecule has 6 nitrogen and oxygen atoms in total. The zero-order valence-electron chi connectivity index (χ0n) is 19.8. The van der Waals surface area contributed by atoms with Gasteiger partial charge in [-0.1, -0.05) is 23.7 Å². The maximum absolute atomic E-state index is 13.4. The average molecular weight is 493 g/mol. The van der Waals surface area contributed by atoms with Gasteiger partial charge < -0.3 is 14.5 Å². The number of hydrogen-bond acceptors (Lipinski definition) is 5. The number of anilines is 1. The number of hydrogen-bond donors (Lipinski definition) is 0. The smallest absolute Gasteiger partial charge is 0.263 e. The highest BCUT2D eigenvalue weighted by atomic mass is 35.5. The van der Waals surface area contributed by atoms with Crippen LogP contribution in [0.4, 0.5) is 5.69 Å². The van der Waals surface area contributed by atoms with Crippen LogP contribution in [0.3, 0.4) is 0 Å². The van der Waals surface area contributed by atoms with Crippen molar-refractivity contribution in [1.29, 1.82) is 0 Å². The molecular weight excluding hydrogens is 460 g/mol. The highest BCUT2D eigenvalue weighted by Crippen LogP contribution is 2.25. The maximum atomic E-state index is 13.4. The summed E-state index contributed by atoms with van der Waals surface area (Å²) < 4.78 is 30.2. The second kappa shape index (κ2) is 10.8. The summed E-state index contributed by atoms with van der Waals surface area (Å²) in [6, 6.07) is 13.0. The Morgan fingerprint density at radius 3 is 2.36 bits per heavy atom. The van der Waals surface area contributed by atoms with E-state index in [2.05, 4.69) is 18.7 Å². The number of aryl methyl sites for hydroxylation is 1. The summed E-state index contributed by atoms with van der Waals surface area (Å²) in [7, 11) is -3.14. The molecule has 0 aromatic heterocycles. The first-order chi connectivity index (χ1) is 15.6. The molecule has 0 bridgehead atoms. The van der Waals surface area contributed by atoms with Crippen LogP contribution in [0.5, 0.6) is 5.75 Å². The Labute approximate surface area is 202 Å². The van der Waals surface area contributed by atoms with E-state index in [4.69, 9.17) is 16.3 Å². The molecule has 3 rings (SSSR count). The number of benzene rings is 2. The van der Waals surface area contributed by atoms with Crippen LogP contribution in [0, 0.1) is 6.92 Å². The monoisotopic (exact) mass is 492 g/mol. The molecule has 2 unspecified atom stereocenters. The zero-order chi connectivity index (χ0) is 24.2. The van der Waals surface area contributed by atoms with Crippen LogP contribution in [-0.4, -0.2) is 56.0 Å². The first-order valence-electron chi connectivity index (χ1n) is 11.4. The van der Waals surface area contributed by atoms with E-state index in [-0.39, 0.29) is 23.5 Å². The van der Waals surface area contributed by atoms with Crippen molar-refractivity contribution in [2.75, 3.05) is 29.5 Å². The number of rotatable bonds is 9. The van der Waals surface area contributed by atoms with Crippen molar-refractivity contribution in [3.05, 3.63) is 58.6 Å². The fourth-order valence-electron chi connectivity index (χ4n) is 4.18. The van der Waals surface area contributed by atoms with Crippen LogP contribution in [0.1, 0.15) is 38.3 Å². The molecule has 0 aliphatic carbocycles. The number of nitrogens with zero attached hydrogens (tertiary/aromatic N) is 2. The topological polar surface area (TPSA) is 66.9 Å². The molecule has 0 N–H and O–H groups in total. The highest BCUT2D eigenvalue weighted by molar-refractivity contribution is 7.91. The van der Waals surface area contributed by atoms with Crippen LogP contribution in [0.25, 0.3) is 0 Å². The summed E-state index contributed by atoms with van der Waals surface area (Å²) in [5, 5.41) is 0.632. The molecule has 0 saturated carbocycles. The Morgan fingerprint density at radius 1 is 1.15 bits per heavy atom. The van der Waals surface area contributed by atoms with Gasteiger partial charge in [-0.3, -0.25) is 4.79 Å². The van der Waals surface area contributed by atoms with Gasteiger partial charge in [0.25, 0.3) is 5.91 Å². The summed E-state index contributed by atoms with van der Waals surface area (Å²) in [6.45, 7) is 9.97. The molecule has 1 heterocycles. The molecule has 0 spiro atoms. The number of halogens is 1. The third kappa shape index (κ3) is 6.42. The van der Waals surface area contributed by atoms with E-state index in [0.29, 0.717) is 23.7 Å². The SMILES string of the molecule is CCN(CC)c1ccc(CN(C(=O)C(C)Oc2ccc(Cl)c(C)c2)C2CCS(=O)(=O)C2)cc1. The molecular formula is C25H33ClN2O4S. The van der Waals surface area contributed by atoms with Crippen molar-refractivity contribution in [1.82, 2.24) is 4.90 Å². The van der Waals surface area contributed by atoms with Gasteiger partial charge in [0.05, 0.1) is 11.5 Å². The Hall–Kier alpha value is -2.25.